The summed E-state index contributed by atoms with van der Waals surface area (Å²) >= 11 is 0. The number of hydrogen-bond donors (Lipinski definition) is 2. The van der Waals surface area contributed by atoms with Gasteiger partial charge in [-0.3, -0.25) is 4.98 Å². The number of hydrogen-bond acceptors (Lipinski definition) is 6. The molecule has 0 atom stereocenters. The number of carbonyl (C=O) groups is 1. The zero-order valence-corrected chi connectivity index (χ0v) is 10.8. The predicted molar refractivity (Wildman–Crippen MR) is 71.3 cm³/mol. The summed E-state index contributed by atoms with van der Waals surface area (Å²) in [6.07, 6.45) is 3.25. The summed E-state index contributed by atoms with van der Waals surface area (Å²) in [4.78, 5) is 15.7. The van der Waals surface area contributed by atoms with Crippen molar-refractivity contribution in [2.75, 3.05) is 24.7 Å². The fraction of sp³-hybridized carbons (Fsp3) is 0.250. The van der Waals surface area contributed by atoms with Gasteiger partial charge in [-0.05, 0) is 19.1 Å². The average Bonchev–Trinajstić information content (AvgIpc) is 2.76. The lowest BCUT2D eigenvalue weighted by molar-refractivity contribution is 0.0603. The Bertz CT molecular complexity index is 579. The standard InChI is InChI=1S/C12H15N5O2/c1-3-15-11-9(12(18)19-2)10(13)17(16-11)8-4-6-14-7-5-8/h4-7H,3,13H2,1-2H3,(H,15,16). The molecule has 7 nitrogen and oxygen atoms in total. The molecule has 0 radical (unpaired) electrons. The summed E-state index contributed by atoms with van der Waals surface area (Å²) in [7, 11) is 1.31. The van der Waals surface area contributed by atoms with Gasteiger partial charge in [-0.1, -0.05) is 0 Å². The van der Waals surface area contributed by atoms with Gasteiger partial charge in [0.25, 0.3) is 0 Å². The minimum Gasteiger partial charge on any atom is -0.465 e. The number of esters is 1. The van der Waals surface area contributed by atoms with Gasteiger partial charge in [0.1, 0.15) is 11.4 Å². The first-order chi connectivity index (χ1) is 9.19. The molecule has 2 aromatic rings. The maximum atomic E-state index is 11.8. The number of anilines is 2. The predicted octanol–water partition coefficient (Wildman–Crippen LogP) is 1.07. The Labute approximate surface area is 110 Å². The Morgan fingerprint density at radius 1 is 1.47 bits per heavy atom. The van der Waals surface area contributed by atoms with Crippen LogP contribution in [-0.2, 0) is 4.74 Å². The number of pyridine rings is 1. The number of nitrogens with two attached hydrogens (primary N) is 1. The van der Waals surface area contributed by atoms with E-state index in [1.54, 1.807) is 24.5 Å². The number of nitrogens with zero attached hydrogens (tertiary/aromatic N) is 3. The molecule has 0 bridgehead atoms. The first-order valence-corrected chi connectivity index (χ1v) is 5.80. The maximum Gasteiger partial charge on any atom is 0.345 e. The summed E-state index contributed by atoms with van der Waals surface area (Å²) in [5.41, 5.74) is 6.94. The zero-order valence-electron chi connectivity index (χ0n) is 10.8. The van der Waals surface area contributed by atoms with E-state index in [2.05, 4.69) is 15.4 Å². The van der Waals surface area contributed by atoms with Crippen molar-refractivity contribution in [2.24, 2.45) is 0 Å². The second kappa shape index (κ2) is 5.38. The van der Waals surface area contributed by atoms with Crippen LogP contribution in [0.15, 0.2) is 24.5 Å². The van der Waals surface area contributed by atoms with Gasteiger partial charge in [0.15, 0.2) is 5.82 Å². The Morgan fingerprint density at radius 2 is 2.16 bits per heavy atom. The van der Waals surface area contributed by atoms with Gasteiger partial charge < -0.3 is 15.8 Å². The molecule has 0 unspecified atom stereocenters. The normalized spacial score (nSPS) is 10.2. The molecule has 19 heavy (non-hydrogen) atoms. The highest BCUT2D eigenvalue weighted by Crippen LogP contribution is 2.25. The van der Waals surface area contributed by atoms with Crippen LogP contribution >= 0.6 is 0 Å². The van der Waals surface area contributed by atoms with Crippen molar-refractivity contribution < 1.29 is 9.53 Å². The van der Waals surface area contributed by atoms with E-state index in [9.17, 15) is 4.79 Å². The van der Waals surface area contributed by atoms with Crippen LogP contribution in [0, 0.1) is 0 Å². The molecule has 0 saturated heterocycles. The molecule has 2 rings (SSSR count). The van der Waals surface area contributed by atoms with Crippen LogP contribution in [0.1, 0.15) is 17.3 Å². The second-order valence-electron chi connectivity index (χ2n) is 3.75. The molecule has 0 fully saturated rings. The number of rotatable bonds is 4. The molecule has 100 valence electrons. The molecule has 0 saturated carbocycles. The molecule has 0 aromatic carbocycles. The molecule has 3 N–H and O–H groups in total. The quantitative estimate of drug-likeness (QED) is 0.799. The molecule has 0 spiro atoms. The van der Waals surface area contributed by atoms with Gasteiger partial charge in [0.2, 0.25) is 0 Å². The number of methoxy groups -OCH3 is 1. The molecule has 0 amide bonds. The van der Waals surface area contributed by atoms with Crippen LogP contribution < -0.4 is 11.1 Å². The van der Waals surface area contributed by atoms with Crippen molar-refractivity contribution >= 4 is 17.6 Å². The van der Waals surface area contributed by atoms with E-state index in [-0.39, 0.29) is 11.4 Å². The molecular weight excluding hydrogens is 246 g/mol. The number of carbonyl (C=O) groups excluding carboxylic acids is 1. The lowest BCUT2D eigenvalue weighted by atomic mass is 10.3. The molecule has 2 aromatic heterocycles. The second-order valence-corrected chi connectivity index (χ2v) is 3.75. The van der Waals surface area contributed by atoms with E-state index >= 15 is 0 Å². The van der Waals surface area contributed by atoms with E-state index in [1.807, 2.05) is 6.92 Å². The first kappa shape index (κ1) is 12.9. The monoisotopic (exact) mass is 261 g/mol. The van der Waals surface area contributed by atoms with E-state index in [0.29, 0.717) is 12.4 Å². The van der Waals surface area contributed by atoms with E-state index in [0.717, 1.165) is 5.69 Å². The molecular formula is C12H15N5O2. The molecule has 0 aliphatic carbocycles. The molecule has 2 heterocycles. The largest absolute Gasteiger partial charge is 0.465 e. The van der Waals surface area contributed by atoms with Gasteiger partial charge in [-0.15, -0.1) is 5.10 Å². The molecule has 7 heteroatoms. The zero-order chi connectivity index (χ0) is 13.8. The Balaban J connectivity index is 2.55. The Hall–Kier alpha value is -2.57. The van der Waals surface area contributed by atoms with Crippen molar-refractivity contribution in [1.29, 1.82) is 0 Å². The smallest absolute Gasteiger partial charge is 0.345 e. The van der Waals surface area contributed by atoms with E-state index in [4.69, 9.17) is 10.5 Å². The van der Waals surface area contributed by atoms with Crippen molar-refractivity contribution in [3.63, 3.8) is 0 Å². The third-order valence-electron chi connectivity index (χ3n) is 2.56. The molecule has 0 aliphatic heterocycles. The minimum absolute atomic E-state index is 0.231. The van der Waals surface area contributed by atoms with Crippen molar-refractivity contribution in [1.82, 2.24) is 14.8 Å². The van der Waals surface area contributed by atoms with Gasteiger partial charge in [-0.2, -0.15) is 0 Å². The average molecular weight is 261 g/mol. The number of aromatic nitrogens is 3. The maximum absolute atomic E-state index is 11.8. The highest BCUT2D eigenvalue weighted by Gasteiger charge is 2.23. The first-order valence-electron chi connectivity index (χ1n) is 5.80. The third-order valence-corrected chi connectivity index (χ3v) is 2.56. The van der Waals surface area contributed by atoms with Gasteiger partial charge in [0.05, 0.1) is 12.8 Å². The van der Waals surface area contributed by atoms with E-state index < -0.39 is 5.97 Å². The number of ether oxygens (including phenoxy) is 1. The van der Waals surface area contributed by atoms with Crippen LogP contribution in [-0.4, -0.2) is 34.4 Å². The van der Waals surface area contributed by atoms with Gasteiger partial charge in [0, 0.05) is 18.9 Å². The van der Waals surface area contributed by atoms with Gasteiger partial charge in [-0.25, -0.2) is 9.48 Å². The summed E-state index contributed by atoms with van der Waals surface area (Å²) in [5, 5.41) is 7.28. The Kier molecular flexibility index (Phi) is 3.65. The summed E-state index contributed by atoms with van der Waals surface area (Å²) in [6.45, 7) is 2.53. The number of nitrogens with one attached hydrogen (secondary N) is 1. The van der Waals surface area contributed by atoms with Crippen LogP contribution in [0.4, 0.5) is 11.6 Å². The lowest BCUT2D eigenvalue weighted by Gasteiger charge is -2.03. The van der Waals surface area contributed by atoms with Crippen LogP contribution in [0.25, 0.3) is 5.69 Å². The highest BCUT2D eigenvalue weighted by molar-refractivity contribution is 5.99. The van der Waals surface area contributed by atoms with Crippen LogP contribution in [0.5, 0.6) is 0 Å². The SMILES string of the molecule is CCNc1nn(-c2ccncc2)c(N)c1C(=O)OC. The molecule has 0 aliphatic rings. The summed E-state index contributed by atoms with van der Waals surface area (Å²) < 4.78 is 6.21. The van der Waals surface area contributed by atoms with Crippen molar-refractivity contribution in [2.45, 2.75) is 6.92 Å². The third kappa shape index (κ3) is 2.35. The topological polar surface area (TPSA) is 95.1 Å². The fourth-order valence-corrected chi connectivity index (χ4v) is 1.71. The lowest BCUT2D eigenvalue weighted by Crippen LogP contribution is -2.09. The Morgan fingerprint density at radius 3 is 2.74 bits per heavy atom. The van der Waals surface area contributed by atoms with Gasteiger partial charge >= 0.3 is 5.97 Å². The van der Waals surface area contributed by atoms with E-state index in [1.165, 1.54) is 11.8 Å². The summed E-state index contributed by atoms with van der Waals surface area (Å²) in [6, 6.07) is 3.50. The fourth-order valence-electron chi connectivity index (χ4n) is 1.71. The number of nitrogen functional groups attached to an aromatic ring is 1. The van der Waals surface area contributed by atoms with Crippen LogP contribution in [0.2, 0.25) is 0 Å². The van der Waals surface area contributed by atoms with Crippen molar-refractivity contribution in [3.8, 4) is 5.69 Å². The highest BCUT2D eigenvalue weighted by atomic mass is 16.5. The van der Waals surface area contributed by atoms with Crippen LogP contribution in [0.3, 0.4) is 0 Å². The summed E-state index contributed by atoms with van der Waals surface area (Å²) in [5.74, 6) is 0.117. The van der Waals surface area contributed by atoms with Crippen molar-refractivity contribution in [3.05, 3.63) is 30.1 Å². The minimum atomic E-state index is -0.520.